The predicted molar refractivity (Wildman–Crippen MR) is 83.8 cm³/mol. The van der Waals surface area contributed by atoms with Crippen molar-refractivity contribution in [3.63, 3.8) is 0 Å². The molecule has 0 bridgehead atoms. The van der Waals surface area contributed by atoms with Gasteiger partial charge >= 0.3 is 6.03 Å². The fraction of sp³-hybridized carbons (Fsp3) is 0.500. The molecule has 1 atom stereocenters. The van der Waals surface area contributed by atoms with Gasteiger partial charge < -0.3 is 15.5 Å². The molecule has 1 unspecified atom stereocenters. The average molecular weight is 316 g/mol. The van der Waals surface area contributed by atoms with Gasteiger partial charge in [-0.2, -0.15) is 0 Å². The average Bonchev–Trinajstić information content (AvgIpc) is 2.44. The Morgan fingerprint density at radius 1 is 1.40 bits per heavy atom. The summed E-state index contributed by atoms with van der Waals surface area (Å²) < 4.78 is 0. The molecule has 110 valence electrons. The SMILES string of the molecule is CNCC1CCCCN1C(=O)Nc1cc(Cl)ccc1Cl. The lowest BCUT2D eigenvalue weighted by Crippen LogP contribution is -2.49. The lowest BCUT2D eigenvalue weighted by atomic mass is 10.0. The van der Waals surface area contributed by atoms with Gasteiger partial charge in [-0.05, 0) is 44.5 Å². The van der Waals surface area contributed by atoms with Crippen LogP contribution in [0.5, 0.6) is 0 Å². The van der Waals surface area contributed by atoms with Crippen LogP contribution in [0.4, 0.5) is 10.5 Å². The van der Waals surface area contributed by atoms with Crippen LogP contribution in [0.25, 0.3) is 0 Å². The number of amides is 2. The fourth-order valence-corrected chi connectivity index (χ4v) is 2.83. The van der Waals surface area contributed by atoms with Crippen LogP contribution in [0.1, 0.15) is 19.3 Å². The highest BCUT2D eigenvalue weighted by Gasteiger charge is 2.26. The number of hydrogen-bond donors (Lipinski definition) is 2. The number of piperidine rings is 1. The third-order valence-corrected chi connectivity index (χ3v) is 4.06. The number of carbonyl (C=O) groups excluding carboxylic acids is 1. The van der Waals surface area contributed by atoms with Crippen LogP contribution in [0.15, 0.2) is 18.2 Å². The molecule has 20 heavy (non-hydrogen) atoms. The molecule has 1 aliphatic heterocycles. The second-order valence-corrected chi connectivity index (χ2v) is 5.80. The molecule has 1 aromatic carbocycles. The summed E-state index contributed by atoms with van der Waals surface area (Å²) in [7, 11) is 1.90. The maximum Gasteiger partial charge on any atom is 0.322 e. The van der Waals surface area contributed by atoms with E-state index in [9.17, 15) is 4.79 Å². The van der Waals surface area contributed by atoms with Crippen molar-refractivity contribution in [2.75, 3.05) is 25.5 Å². The van der Waals surface area contributed by atoms with Gasteiger partial charge in [0.15, 0.2) is 0 Å². The first-order chi connectivity index (χ1) is 9.61. The van der Waals surface area contributed by atoms with E-state index in [0.29, 0.717) is 15.7 Å². The van der Waals surface area contributed by atoms with Gasteiger partial charge in [-0.25, -0.2) is 4.79 Å². The standard InChI is InChI=1S/C14H19Cl2N3O/c1-17-9-11-4-2-3-7-19(11)14(20)18-13-8-10(15)5-6-12(13)16/h5-6,8,11,17H,2-4,7,9H2,1H3,(H,18,20). The highest BCUT2D eigenvalue weighted by molar-refractivity contribution is 6.35. The predicted octanol–water partition coefficient (Wildman–Crippen LogP) is 3.60. The molecule has 0 aliphatic carbocycles. The van der Waals surface area contributed by atoms with Crippen LogP contribution < -0.4 is 10.6 Å². The minimum atomic E-state index is -0.117. The number of urea groups is 1. The molecule has 0 aromatic heterocycles. The Balaban J connectivity index is 2.07. The first-order valence-corrected chi connectivity index (χ1v) is 7.54. The number of nitrogens with zero attached hydrogens (tertiary/aromatic N) is 1. The Bertz CT molecular complexity index is 479. The molecule has 1 aromatic rings. The van der Waals surface area contributed by atoms with E-state index in [1.165, 1.54) is 0 Å². The Kier molecular flexibility index (Phi) is 5.52. The first-order valence-electron chi connectivity index (χ1n) is 6.79. The minimum Gasteiger partial charge on any atom is -0.320 e. The van der Waals surface area contributed by atoms with Gasteiger partial charge in [0.05, 0.1) is 10.7 Å². The molecular formula is C14H19Cl2N3O. The van der Waals surface area contributed by atoms with Crippen molar-refractivity contribution in [2.24, 2.45) is 0 Å². The fourth-order valence-electron chi connectivity index (χ4n) is 2.50. The Morgan fingerprint density at radius 2 is 2.20 bits per heavy atom. The lowest BCUT2D eigenvalue weighted by Gasteiger charge is -2.35. The van der Waals surface area contributed by atoms with Gasteiger partial charge in [0.2, 0.25) is 0 Å². The van der Waals surface area contributed by atoms with Crippen molar-refractivity contribution in [3.05, 3.63) is 28.2 Å². The topological polar surface area (TPSA) is 44.4 Å². The zero-order chi connectivity index (χ0) is 14.5. The number of carbonyl (C=O) groups is 1. The van der Waals surface area contributed by atoms with Crippen molar-refractivity contribution < 1.29 is 4.79 Å². The number of benzene rings is 1. The highest BCUT2D eigenvalue weighted by atomic mass is 35.5. The van der Waals surface area contributed by atoms with Gasteiger partial charge in [0, 0.05) is 24.2 Å². The molecule has 1 aliphatic rings. The number of anilines is 1. The Labute approximate surface area is 129 Å². The molecule has 4 nitrogen and oxygen atoms in total. The van der Waals surface area contributed by atoms with E-state index in [-0.39, 0.29) is 12.1 Å². The number of rotatable bonds is 3. The van der Waals surface area contributed by atoms with Crippen LogP contribution >= 0.6 is 23.2 Å². The molecule has 2 rings (SSSR count). The van der Waals surface area contributed by atoms with Gasteiger partial charge in [-0.15, -0.1) is 0 Å². The van der Waals surface area contributed by atoms with Crippen LogP contribution in [0.2, 0.25) is 10.0 Å². The summed E-state index contributed by atoms with van der Waals surface area (Å²) in [6, 6.07) is 5.16. The second kappa shape index (κ2) is 7.16. The molecular weight excluding hydrogens is 297 g/mol. The summed E-state index contributed by atoms with van der Waals surface area (Å²) in [5, 5.41) is 7.03. The monoisotopic (exact) mass is 315 g/mol. The van der Waals surface area contributed by atoms with Crippen molar-refractivity contribution >= 4 is 34.9 Å². The highest BCUT2D eigenvalue weighted by Crippen LogP contribution is 2.26. The Hall–Kier alpha value is -0.970. The molecule has 1 saturated heterocycles. The largest absolute Gasteiger partial charge is 0.322 e. The van der Waals surface area contributed by atoms with Crippen LogP contribution in [0, 0.1) is 0 Å². The lowest BCUT2D eigenvalue weighted by molar-refractivity contribution is 0.162. The molecule has 1 heterocycles. The number of halogens is 2. The smallest absolute Gasteiger partial charge is 0.320 e. The molecule has 2 N–H and O–H groups in total. The van der Waals surface area contributed by atoms with Gasteiger partial charge in [-0.3, -0.25) is 0 Å². The molecule has 0 saturated carbocycles. The maximum absolute atomic E-state index is 12.4. The third kappa shape index (κ3) is 3.78. The van der Waals surface area contributed by atoms with Crippen molar-refractivity contribution in [2.45, 2.75) is 25.3 Å². The molecule has 0 spiro atoms. The summed E-state index contributed by atoms with van der Waals surface area (Å²) in [4.78, 5) is 14.3. The zero-order valence-corrected chi connectivity index (χ0v) is 13.0. The van der Waals surface area contributed by atoms with Crippen molar-refractivity contribution in [1.82, 2.24) is 10.2 Å². The van der Waals surface area contributed by atoms with Crippen molar-refractivity contribution in [1.29, 1.82) is 0 Å². The number of hydrogen-bond acceptors (Lipinski definition) is 2. The quantitative estimate of drug-likeness (QED) is 0.895. The molecule has 2 amide bonds. The normalized spacial score (nSPS) is 18.9. The minimum absolute atomic E-state index is 0.117. The molecule has 6 heteroatoms. The van der Waals surface area contributed by atoms with E-state index in [1.807, 2.05) is 11.9 Å². The molecule has 1 fully saturated rings. The molecule has 0 radical (unpaired) electrons. The maximum atomic E-state index is 12.4. The van der Waals surface area contributed by atoms with Gasteiger partial charge in [0.25, 0.3) is 0 Å². The van der Waals surface area contributed by atoms with E-state index < -0.39 is 0 Å². The van der Waals surface area contributed by atoms with Crippen LogP contribution in [-0.2, 0) is 0 Å². The van der Waals surface area contributed by atoms with E-state index >= 15 is 0 Å². The van der Waals surface area contributed by atoms with E-state index in [0.717, 1.165) is 32.4 Å². The van der Waals surface area contributed by atoms with Gasteiger partial charge in [-0.1, -0.05) is 23.2 Å². The van der Waals surface area contributed by atoms with Gasteiger partial charge in [0.1, 0.15) is 0 Å². The first kappa shape index (κ1) is 15.4. The summed E-state index contributed by atoms with van der Waals surface area (Å²) in [6.45, 7) is 1.58. The van der Waals surface area contributed by atoms with Crippen LogP contribution in [-0.4, -0.2) is 37.1 Å². The van der Waals surface area contributed by atoms with Crippen LogP contribution in [0.3, 0.4) is 0 Å². The Morgan fingerprint density at radius 3 is 2.95 bits per heavy atom. The number of likely N-dealkylation sites (tertiary alicyclic amines) is 1. The van der Waals surface area contributed by atoms with E-state index in [2.05, 4.69) is 10.6 Å². The van der Waals surface area contributed by atoms with E-state index in [4.69, 9.17) is 23.2 Å². The number of nitrogens with one attached hydrogen (secondary N) is 2. The number of likely N-dealkylation sites (N-methyl/N-ethyl adjacent to an activating group) is 1. The summed E-state index contributed by atoms with van der Waals surface area (Å²) in [5.41, 5.74) is 0.554. The summed E-state index contributed by atoms with van der Waals surface area (Å²) in [5.74, 6) is 0. The van der Waals surface area contributed by atoms with Crippen molar-refractivity contribution in [3.8, 4) is 0 Å². The second-order valence-electron chi connectivity index (χ2n) is 4.95. The summed E-state index contributed by atoms with van der Waals surface area (Å²) >= 11 is 12.0. The zero-order valence-electron chi connectivity index (χ0n) is 11.5. The summed E-state index contributed by atoms with van der Waals surface area (Å²) in [6.07, 6.45) is 3.22. The third-order valence-electron chi connectivity index (χ3n) is 3.50. The van der Waals surface area contributed by atoms with E-state index in [1.54, 1.807) is 18.2 Å².